The van der Waals surface area contributed by atoms with E-state index in [0.29, 0.717) is 0 Å². The Labute approximate surface area is 122 Å². The summed E-state index contributed by atoms with van der Waals surface area (Å²) in [7, 11) is 0. The van der Waals surface area contributed by atoms with Crippen LogP contribution in [0.15, 0.2) is 0 Å². The zero-order valence-electron chi connectivity index (χ0n) is 11.8. The van der Waals surface area contributed by atoms with Crippen LogP contribution in [0.4, 0.5) is 4.79 Å². The average molecular weight is 302 g/mol. The number of hydrogen-bond donors (Lipinski definition) is 4. The molecule has 0 heterocycles. The molecule has 0 radical (unpaired) electrons. The highest BCUT2D eigenvalue weighted by Gasteiger charge is 2.29. The largest absolute Gasteiger partial charge is 0.481 e. The van der Waals surface area contributed by atoms with Gasteiger partial charge in [0.15, 0.2) is 0 Å². The summed E-state index contributed by atoms with van der Waals surface area (Å²) in [5.41, 5.74) is 0. The summed E-state index contributed by atoms with van der Waals surface area (Å²) in [5, 5.41) is 29.0. The number of rotatable bonds is 8. The number of aliphatic carboxylic acids is 2. The van der Waals surface area contributed by atoms with Crippen molar-refractivity contribution in [3.05, 3.63) is 0 Å². The fraction of sp³-hybridized carbons (Fsp3) is 0.769. The van der Waals surface area contributed by atoms with Crippen molar-refractivity contribution >= 4 is 18.0 Å². The van der Waals surface area contributed by atoms with Crippen molar-refractivity contribution in [1.29, 1.82) is 0 Å². The summed E-state index contributed by atoms with van der Waals surface area (Å²) in [6.45, 7) is -0.0570. The third-order valence-corrected chi connectivity index (χ3v) is 3.61. The molecule has 0 aliphatic heterocycles. The zero-order chi connectivity index (χ0) is 15.8. The van der Waals surface area contributed by atoms with E-state index in [-0.39, 0.29) is 32.0 Å². The highest BCUT2D eigenvalue weighted by atomic mass is 16.4. The molecule has 1 saturated carbocycles. The Hall–Kier alpha value is -1.83. The number of carboxylic acid groups (broad SMARTS) is 2. The van der Waals surface area contributed by atoms with Crippen LogP contribution in [0.1, 0.15) is 38.5 Å². The fourth-order valence-electron chi connectivity index (χ4n) is 2.53. The van der Waals surface area contributed by atoms with Gasteiger partial charge in [0, 0.05) is 19.0 Å². The van der Waals surface area contributed by atoms with Gasteiger partial charge in [0.2, 0.25) is 0 Å². The zero-order valence-corrected chi connectivity index (χ0v) is 11.8. The number of aliphatic hydroxyl groups excluding tert-OH is 1. The van der Waals surface area contributed by atoms with E-state index >= 15 is 0 Å². The first-order chi connectivity index (χ1) is 9.95. The van der Waals surface area contributed by atoms with Gasteiger partial charge in [-0.2, -0.15) is 0 Å². The summed E-state index contributed by atoms with van der Waals surface area (Å²) >= 11 is 0. The molecule has 120 valence electrons. The van der Waals surface area contributed by atoms with Gasteiger partial charge >= 0.3 is 18.0 Å². The van der Waals surface area contributed by atoms with Crippen LogP contribution in [-0.2, 0) is 9.59 Å². The number of aliphatic hydroxyl groups is 1. The molecule has 8 nitrogen and oxygen atoms in total. The molecule has 2 amide bonds. The first-order valence-corrected chi connectivity index (χ1v) is 7.08. The number of urea groups is 1. The topological polar surface area (TPSA) is 127 Å². The number of nitrogens with zero attached hydrogens (tertiary/aromatic N) is 1. The number of carbonyl (C=O) groups excluding carboxylic acids is 1. The Bertz CT molecular complexity index is 381. The smallest absolute Gasteiger partial charge is 0.326 e. The molecule has 1 aliphatic carbocycles. The molecular weight excluding hydrogens is 280 g/mol. The quantitative estimate of drug-likeness (QED) is 0.509. The van der Waals surface area contributed by atoms with Gasteiger partial charge in [0.05, 0.1) is 6.61 Å². The lowest BCUT2D eigenvalue weighted by Gasteiger charge is -2.29. The van der Waals surface area contributed by atoms with Crippen molar-refractivity contribution in [3.8, 4) is 0 Å². The first-order valence-electron chi connectivity index (χ1n) is 7.08. The van der Waals surface area contributed by atoms with Crippen molar-refractivity contribution in [2.75, 3.05) is 13.2 Å². The summed E-state index contributed by atoms with van der Waals surface area (Å²) in [5.74, 6) is -2.38. The standard InChI is InChI=1S/C13H22N2O6/c16-8-7-15(9-3-1-2-4-9)13(21)14-10(12(19)20)5-6-11(17)18/h9-10,16H,1-8H2,(H,14,21)(H,17,18)(H,19,20). The normalized spacial score (nSPS) is 16.4. The molecule has 1 fully saturated rings. The monoisotopic (exact) mass is 302 g/mol. The molecule has 0 aromatic heterocycles. The van der Waals surface area contributed by atoms with E-state index < -0.39 is 24.0 Å². The Morgan fingerprint density at radius 1 is 1.19 bits per heavy atom. The summed E-state index contributed by atoms with van der Waals surface area (Å²) in [4.78, 5) is 35.2. The minimum absolute atomic E-state index is 0.00562. The van der Waals surface area contributed by atoms with Gasteiger partial charge in [-0.15, -0.1) is 0 Å². The molecule has 1 rings (SSSR count). The predicted octanol–water partition coefficient (Wildman–Crippen LogP) is 0.251. The average Bonchev–Trinajstić information content (AvgIpc) is 2.93. The number of carboxylic acids is 2. The predicted molar refractivity (Wildman–Crippen MR) is 72.9 cm³/mol. The van der Waals surface area contributed by atoms with E-state index in [0.717, 1.165) is 25.7 Å². The van der Waals surface area contributed by atoms with E-state index in [9.17, 15) is 14.4 Å². The van der Waals surface area contributed by atoms with Crippen LogP contribution < -0.4 is 5.32 Å². The number of hydrogen-bond acceptors (Lipinski definition) is 4. The van der Waals surface area contributed by atoms with Crippen LogP contribution in [0.3, 0.4) is 0 Å². The minimum Gasteiger partial charge on any atom is -0.481 e. The van der Waals surface area contributed by atoms with E-state index in [1.165, 1.54) is 4.90 Å². The van der Waals surface area contributed by atoms with Crippen LogP contribution >= 0.6 is 0 Å². The molecule has 4 N–H and O–H groups in total. The van der Waals surface area contributed by atoms with Gasteiger partial charge in [0.1, 0.15) is 6.04 Å². The minimum atomic E-state index is -1.26. The molecular formula is C13H22N2O6. The lowest BCUT2D eigenvalue weighted by Crippen LogP contribution is -2.51. The third kappa shape index (κ3) is 5.58. The van der Waals surface area contributed by atoms with Gasteiger partial charge < -0.3 is 25.5 Å². The Balaban J connectivity index is 2.63. The SMILES string of the molecule is O=C(O)CCC(NC(=O)N(CCO)C1CCCC1)C(=O)O. The van der Waals surface area contributed by atoms with Gasteiger partial charge in [-0.1, -0.05) is 12.8 Å². The summed E-state index contributed by atoms with van der Waals surface area (Å²) < 4.78 is 0. The van der Waals surface area contributed by atoms with Gasteiger partial charge in [-0.3, -0.25) is 4.79 Å². The number of amides is 2. The lowest BCUT2D eigenvalue weighted by molar-refractivity contribution is -0.140. The molecule has 0 bridgehead atoms. The maximum atomic E-state index is 12.2. The molecule has 21 heavy (non-hydrogen) atoms. The Kier molecular flexibility index (Phi) is 6.93. The lowest BCUT2D eigenvalue weighted by atomic mass is 10.1. The second-order valence-corrected chi connectivity index (χ2v) is 5.13. The second-order valence-electron chi connectivity index (χ2n) is 5.13. The fourth-order valence-corrected chi connectivity index (χ4v) is 2.53. The van der Waals surface area contributed by atoms with Gasteiger partial charge in [-0.25, -0.2) is 9.59 Å². The van der Waals surface area contributed by atoms with Crippen molar-refractivity contribution < 1.29 is 29.7 Å². The summed E-state index contributed by atoms with van der Waals surface area (Å²) in [6, 6.07) is -1.80. The van der Waals surface area contributed by atoms with Crippen molar-refractivity contribution in [3.63, 3.8) is 0 Å². The third-order valence-electron chi connectivity index (χ3n) is 3.61. The number of nitrogens with one attached hydrogen (secondary N) is 1. The highest BCUT2D eigenvalue weighted by Crippen LogP contribution is 2.23. The maximum absolute atomic E-state index is 12.2. The van der Waals surface area contributed by atoms with Crippen molar-refractivity contribution in [2.45, 2.75) is 50.6 Å². The van der Waals surface area contributed by atoms with Crippen LogP contribution in [0.2, 0.25) is 0 Å². The molecule has 1 atom stereocenters. The van der Waals surface area contributed by atoms with Crippen LogP contribution in [0, 0.1) is 0 Å². The molecule has 0 saturated heterocycles. The molecule has 1 unspecified atom stereocenters. The summed E-state index contributed by atoms with van der Waals surface area (Å²) in [6.07, 6.45) is 3.16. The van der Waals surface area contributed by atoms with Gasteiger partial charge in [-0.05, 0) is 19.3 Å². The molecule has 8 heteroatoms. The van der Waals surface area contributed by atoms with Crippen molar-refractivity contribution in [1.82, 2.24) is 10.2 Å². The molecule has 1 aliphatic rings. The molecule has 0 spiro atoms. The molecule has 0 aromatic carbocycles. The Morgan fingerprint density at radius 2 is 1.81 bits per heavy atom. The van der Waals surface area contributed by atoms with E-state index in [2.05, 4.69) is 5.32 Å². The van der Waals surface area contributed by atoms with Crippen LogP contribution in [0.5, 0.6) is 0 Å². The van der Waals surface area contributed by atoms with Crippen LogP contribution in [0.25, 0.3) is 0 Å². The maximum Gasteiger partial charge on any atom is 0.326 e. The first kappa shape index (κ1) is 17.2. The van der Waals surface area contributed by atoms with Gasteiger partial charge in [0.25, 0.3) is 0 Å². The van der Waals surface area contributed by atoms with E-state index in [1.807, 2.05) is 0 Å². The van der Waals surface area contributed by atoms with Crippen molar-refractivity contribution in [2.24, 2.45) is 0 Å². The number of carbonyl (C=O) groups is 3. The van der Waals surface area contributed by atoms with E-state index in [4.69, 9.17) is 15.3 Å². The highest BCUT2D eigenvalue weighted by molar-refractivity contribution is 5.83. The second kappa shape index (κ2) is 8.46. The Morgan fingerprint density at radius 3 is 2.29 bits per heavy atom. The van der Waals surface area contributed by atoms with Crippen LogP contribution in [-0.4, -0.2) is 63.4 Å². The van der Waals surface area contributed by atoms with E-state index in [1.54, 1.807) is 0 Å². The molecule has 0 aromatic rings.